The zero-order chi connectivity index (χ0) is 23.5. The molecule has 1 heterocycles. The van der Waals surface area contributed by atoms with Crippen molar-refractivity contribution in [1.82, 2.24) is 4.31 Å². The first-order chi connectivity index (χ1) is 15.1. The number of likely N-dealkylation sites (N-methyl/N-ethyl adjacent to an activating group) is 1. The molecule has 1 fully saturated rings. The number of carbonyl (C=O) groups excluding carboxylic acids is 2. The first kappa shape index (κ1) is 24.2. The highest BCUT2D eigenvalue weighted by atomic mass is 35.5. The van der Waals surface area contributed by atoms with Crippen molar-refractivity contribution in [2.24, 2.45) is 5.92 Å². The third kappa shape index (κ3) is 5.31. The maximum Gasteiger partial charge on any atom is 0.338 e. The third-order valence-corrected chi connectivity index (χ3v) is 7.86. The lowest BCUT2D eigenvalue weighted by molar-refractivity contribution is -0.126. The summed E-state index contributed by atoms with van der Waals surface area (Å²) < 4.78 is 33.0. The van der Waals surface area contributed by atoms with Gasteiger partial charge in [0, 0.05) is 25.8 Å². The molecule has 3 rings (SSSR count). The molecule has 0 saturated carbocycles. The molecule has 9 heteroatoms. The second-order valence-corrected chi connectivity index (χ2v) is 10.3. The number of rotatable bonds is 6. The predicted octanol–water partition coefficient (Wildman–Crippen LogP) is 3.97. The molecule has 0 aliphatic carbocycles. The summed E-state index contributed by atoms with van der Waals surface area (Å²) in [6.07, 6.45) is 0.676. The molecule has 7 nitrogen and oxygen atoms in total. The molecule has 0 aromatic heterocycles. The Kier molecular flexibility index (Phi) is 7.59. The summed E-state index contributed by atoms with van der Waals surface area (Å²) in [5, 5.41) is 0.0349. The molecule has 0 N–H and O–H groups in total. The number of para-hydroxylation sites is 1. The molecule has 32 heavy (non-hydrogen) atoms. The zero-order valence-corrected chi connectivity index (χ0v) is 19.9. The van der Waals surface area contributed by atoms with Crippen molar-refractivity contribution in [3.05, 3.63) is 59.1 Å². The maximum absolute atomic E-state index is 13.1. The van der Waals surface area contributed by atoms with Crippen molar-refractivity contribution < 1.29 is 22.7 Å². The van der Waals surface area contributed by atoms with Crippen molar-refractivity contribution in [2.45, 2.75) is 37.7 Å². The lowest BCUT2D eigenvalue weighted by Gasteiger charge is -2.30. The van der Waals surface area contributed by atoms with Crippen LogP contribution in [0.15, 0.2) is 53.4 Å². The highest BCUT2D eigenvalue weighted by Crippen LogP contribution is 2.29. The average molecular weight is 479 g/mol. The Hall–Kier alpha value is -2.42. The van der Waals surface area contributed by atoms with Gasteiger partial charge in [0.15, 0.2) is 6.10 Å². The van der Waals surface area contributed by atoms with Crippen LogP contribution in [0, 0.1) is 5.92 Å². The Morgan fingerprint density at radius 1 is 1.19 bits per heavy atom. The minimum absolute atomic E-state index is 0.0139. The number of anilines is 1. The maximum atomic E-state index is 13.1. The number of sulfonamides is 1. The molecule has 0 radical (unpaired) electrons. The molecule has 2 unspecified atom stereocenters. The molecule has 2 atom stereocenters. The van der Waals surface area contributed by atoms with Gasteiger partial charge in [-0.25, -0.2) is 13.2 Å². The minimum atomic E-state index is -3.86. The summed E-state index contributed by atoms with van der Waals surface area (Å²) in [6, 6.07) is 12.9. The predicted molar refractivity (Wildman–Crippen MR) is 123 cm³/mol. The highest BCUT2D eigenvalue weighted by molar-refractivity contribution is 7.89. The van der Waals surface area contributed by atoms with Crippen LogP contribution in [0.4, 0.5) is 5.69 Å². The first-order valence-corrected chi connectivity index (χ1v) is 12.3. The Morgan fingerprint density at radius 3 is 2.53 bits per heavy atom. The van der Waals surface area contributed by atoms with Crippen LogP contribution in [-0.4, -0.2) is 50.8 Å². The lowest BCUT2D eigenvalue weighted by Crippen LogP contribution is -2.39. The van der Waals surface area contributed by atoms with Crippen LogP contribution in [0.5, 0.6) is 0 Å². The Balaban J connectivity index is 1.77. The second-order valence-electron chi connectivity index (χ2n) is 8.04. The van der Waals surface area contributed by atoms with E-state index in [4.69, 9.17) is 16.3 Å². The summed E-state index contributed by atoms with van der Waals surface area (Å²) in [7, 11) is -2.27. The van der Waals surface area contributed by atoms with E-state index in [2.05, 4.69) is 0 Å². The van der Waals surface area contributed by atoms with Gasteiger partial charge in [-0.05, 0) is 56.0 Å². The molecule has 2 aromatic rings. The van der Waals surface area contributed by atoms with Crippen LogP contribution in [0.25, 0.3) is 0 Å². The van der Waals surface area contributed by atoms with Gasteiger partial charge in [0.1, 0.15) is 4.90 Å². The highest BCUT2D eigenvalue weighted by Gasteiger charge is 2.31. The van der Waals surface area contributed by atoms with Gasteiger partial charge in [-0.3, -0.25) is 4.79 Å². The van der Waals surface area contributed by atoms with E-state index < -0.39 is 28.0 Å². The summed E-state index contributed by atoms with van der Waals surface area (Å²) in [5.41, 5.74) is 0.677. The molecule has 1 aliphatic heterocycles. The fourth-order valence-corrected chi connectivity index (χ4v) is 5.76. The fourth-order valence-electron chi connectivity index (χ4n) is 3.66. The van der Waals surface area contributed by atoms with E-state index in [9.17, 15) is 18.0 Å². The molecule has 1 saturated heterocycles. The Bertz CT molecular complexity index is 1090. The Labute approximate surface area is 194 Å². The minimum Gasteiger partial charge on any atom is -0.449 e. The monoisotopic (exact) mass is 478 g/mol. The largest absolute Gasteiger partial charge is 0.449 e. The van der Waals surface area contributed by atoms with Crippen molar-refractivity contribution in [2.75, 3.05) is 25.0 Å². The van der Waals surface area contributed by atoms with Crippen LogP contribution < -0.4 is 4.90 Å². The number of hydrogen-bond acceptors (Lipinski definition) is 5. The van der Waals surface area contributed by atoms with Gasteiger partial charge >= 0.3 is 5.97 Å². The summed E-state index contributed by atoms with van der Waals surface area (Å²) in [6.45, 7) is 4.30. The summed E-state index contributed by atoms with van der Waals surface area (Å²) in [5.74, 6) is -0.958. The van der Waals surface area contributed by atoms with Crippen molar-refractivity contribution in [3.8, 4) is 0 Å². The number of ether oxygens (including phenoxy) is 1. The second kappa shape index (κ2) is 10.0. The van der Waals surface area contributed by atoms with E-state index in [-0.39, 0.29) is 21.4 Å². The van der Waals surface area contributed by atoms with Crippen molar-refractivity contribution in [1.29, 1.82) is 0 Å². The summed E-state index contributed by atoms with van der Waals surface area (Å²) >= 11 is 6.19. The number of amides is 1. The van der Waals surface area contributed by atoms with Crippen LogP contribution in [0.1, 0.15) is 37.0 Å². The molecule has 0 bridgehead atoms. The lowest BCUT2D eigenvalue weighted by atomic mass is 10.0. The topological polar surface area (TPSA) is 84.0 Å². The molecule has 1 amide bonds. The van der Waals surface area contributed by atoms with E-state index in [1.807, 2.05) is 13.0 Å². The molecule has 0 spiro atoms. The van der Waals surface area contributed by atoms with Crippen LogP contribution in [0.2, 0.25) is 5.02 Å². The average Bonchev–Trinajstić information content (AvgIpc) is 2.78. The molecular formula is C23H27ClN2O5S. The van der Waals surface area contributed by atoms with E-state index in [0.29, 0.717) is 18.8 Å². The van der Waals surface area contributed by atoms with Crippen LogP contribution in [-0.2, 0) is 19.6 Å². The van der Waals surface area contributed by atoms with Gasteiger partial charge in [-0.15, -0.1) is 0 Å². The van der Waals surface area contributed by atoms with Crippen molar-refractivity contribution >= 4 is 39.2 Å². The standard InChI is InChI=1S/C23H27ClN2O5S/c1-16-8-7-13-26(15-16)32(29,30)21-14-18(11-12-20(21)24)23(28)31-17(2)22(27)25(3)19-9-5-4-6-10-19/h4-6,9-12,14,16-17H,7-8,13,15H2,1-3H3. The first-order valence-electron chi connectivity index (χ1n) is 10.4. The van der Waals surface area contributed by atoms with Gasteiger partial charge < -0.3 is 9.64 Å². The van der Waals surface area contributed by atoms with Gasteiger partial charge in [-0.2, -0.15) is 4.31 Å². The van der Waals surface area contributed by atoms with E-state index >= 15 is 0 Å². The number of esters is 1. The number of hydrogen-bond donors (Lipinski definition) is 0. The molecule has 172 valence electrons. The fraction of sp³-hybridized carbons (Fsp3) is 0.391. The van der Waals surface area contributed by atoms with E-state index in [1.165, 1.54) is 34.3 Å². The van der Waals surface area contributed by atoms with Gasteiger partial charge in [0.25, 0.3) is 5.91 Å². The number of halogens is 1. The quantitative estimate of drug-likeness (QED) is 0.586. The number of piperidine rings is 1. The number of nitrogens with zero attached hydrogens (tertiary/aromatic N) is 2. The van der Waals surface area contributed by atoms with E-state index in [0.717, 1.165) is 12.8 Å². The van der Waals surface area contributed by atoms with Crippen LogP contribution >= 0.6 is 11.6 Å². The van der Waals surface area contributed by atoms with Crippen molar-refractivity contribution in [3.63, 3.8) is 0 Å². The molecular weight excluding hydrogens is 452 g/mol. The van der Waals surface area contributed by atoms with E-state index in [1.54, 1.807) is 31.3 Å². The Morgan fingerprint density at radius 2 is 1.88 bits per heavy atom. The smallest absolute Gasteiger partial charge is 0.338 e. The zero-order valence-electron chi connectivity index (χ0n) is 18.3. The number of carbonyl (C=O) groups is 2. The normalized spacial score (nSPS) is 18.1. The SMILES string of the molecule is CC1CCCN(S(=O)(=O)c2cc(C(=O)OC(C)C(=O)N(C)c3ccccc3)ccc2Cl)C1. The van der Waals surface area contributed by atoms with Gasteiger partial charge in [0.05, 0.1) is 10.6 Å². The van der Waals surface area contributed by atoms with Gasteiger partial charge in [-0.1, -0.05) is 36.7 Å². The van der Waals surface area contributed by atoms with Gasteiger partial charge in [0.2, 0.25) is 10.0 Å². The molecule has 2 aromatic carbocycles. The molecule has 1 aliphatic rings. The number of benzene rings is 2. The summed E-state index contributed by atoms with van der Waals surface area (Å²) in [4.78, 5) is 26.6. The third-order valence-electron chi connectivity index (χ3n) is 5.51. The van der Waals surface area contributed by atoms with Crippen LogP contribution in [0.3, 0.4) is 0 Å².